The van der Waals surface area contributed by atoms with Crippen molar-refractivity contribution < 1.29 is 4.42 Å². The molecule has 0 radical (unpaired) electrons. The first-order valence-corrected chi connectivity index (χ1v) is 9.81. The van der Waals surface area contributed by atoms with Gasteiger partial charge in [0.25, 0.3) is 0 Å². The van der Waals surface area contributed by atoms with Crippen LogP contribution in [0, 0.1) is 13.8 Å². The van der Waals surface area contributed by atoms with Gasteiger partial charge >= 0.3 is 0 Å². The van der Waals surface area contributed by atoms with Crippen molar-refractivity contribution in [3.63, 3.8) is 0 Å². The third-order valence-corrected chi connectivity index (χ3v) is 5.47. The zero-order valence-electron chi connectivity index (χ0n) is 17.4. The molecular formula is C20H33IN6O. The Morgan fingerprint density at radius 3 is 2.61 bits per heavy atom. The summed E-state index contributed by atoms with van der Waals surface area (Å²) >= 11 is 0. The minimum atomic E-state index is 0. The van der Waals surface area contributed by atoms with Crippen LogP contribution in [-0.4, -0.2) is 53.9 Å². The van der Waals surface area contributed by atoms with E-state index in [0.717, 1.165) is 50.0 Å². The smallest absolute Gasteiger partial charge is 0.191 e. The third kappa shape index (κ3) is 5.50. The molecule has 0 aliphatic carbocycles. The summed E-state index contributed by atoms with van der Waals surface area (Å²) < 4.78 is 7.64. The highest BCUT2D eigenvalue weighted by atomic mass is 127. The van der Waals surface area contributed by atoms with E-state index in [1.165, 1.54) is 24.1 Å². The predicted octanol–water partition coefficient (Wildman–Crippen LogP) is 2.79. The molecule has 156 valence electrons. The molecule has 8 heteroatoms. The molecule has 0 aromatic carbocycles. The van der Waals surface area contributed by atoms with Gasteiger partial charge in [-0.3, -0.25) is 14.6 Å². The fraction of sp³-hybridized carbons (Fsp3) is 0.600. The Balaban J connectivity index is 0.00000280. The summed E-state index contributed by atoms with van der Waals surface area (Å²) in [4.78, 5) is 6.86. The highest BCUT2D eigenvalue weighted by Crippen LogP contribution is 2.24. The normalized spacial score (nSPS) is 16.1. The first-order chi connectivity index (χ1) is 13.1. The molecule has 1 aliphatic rings. The molecule has 1 fully saturated rings. The predicted molar refractivity (Wildman–Crippen MR) is 123 cm³/mol. The second-order valence-electron chi connectivity index (χ2n) is 7.18. The number of halogens is 1. The Labute approximate surface area is 185 Å². The maximum atomic E-state index is 5.69. The maximum Gasteiger partial charge on any atom is 0.191 e. The zero-order chi connectivity index (χ0) is 19.2. The van der Waals surface area contributed by atoms with E-state index < -0.39 is 0 Å². The van der Waals surface area contributed by atoms with Crippen molar-refractivity contribution in [3.05, 3.63) is 41.1 Å². The maximum absolute atomic E-state index is 5.69. The SMILES string of the molecule is CN=C(NCCc1c(C)nn(C)c1C)NCC(c1ccco1)N1CCCC1.I. The fourth-order valence-electron chi connectivity index (χ4n) is 3.84. The number of likely N-dealkylation sites (tertiary alicyclic amines) is 1. The van der Waals surface area contributed by atoms with E-state index in [9.17, 15) is 0 Å². The van der Waals surface area contributed by atoms with Crippen LogP contribution in [0.4, 0.5) is 0 Å². The molecule has 3 heterocycles. The number of hydrogen-bond acceptors (Lipinski definition) is 4. The molecule has 28 heavy (non-hydrogen) atoms. The number of rotatable bonds is 7. The minimum absolute atomic E-state index is 0. The van der Waals surface area contributed by atoms with E-state index in [1.807, 2.05) is 24.8 Å². The molecule has 0 amide bonds. The molecule has 2 N–H and O–H groups in total. The van der Waals surface area contributed by atoms with Crippen LogP contribution < -0.4 is 10.6 Å². The molecule has 3 rings (SSSR count). The van der Waals surface area contributed by atoms with Crippen LogP contribution in [-0.2, 0) is 13.5 Å². The van der Waals surface area contributed by atoms with Crippen LogP contribution in [0.15, 0.2) is 27.8 Å². The van der Waals surface area contributed by atoms with Crippen molar-refractivity contribution in [1.82, 2.24) is 25.3 Å². The number of guanidine groups is 1. The largest absolute Gasteiger partial charge is 0.468 e. The lowest BCUT2D eigenvalue weighted by Crippen LogP contribution is -2.43. The van der Waals surface area contributed by atoms with Crippen LogP contribution in [0.1, 0.15) is 41.6 Å². The quantitative estimate of drug-likeness (QED) is 0.348. The average Bonchev–Trinajstić information content (AvgIpc) is 3.40. The Morgan fingerprint density at radius 2 is 2.04 bits per heavy atom. The molecule has 0 bridgehead atoms. The van der Waals surface area contributed by atoms with Gasteiger partial charge in [0.15, 0.2) is 5.96 Å². The summed E-state index contributed by atoms with van der Waals surface area (Å²) in [6, 6.07) is 4.27. The summed E-state index contributed by atoms with van der Waals surface area (Å²) in [5.74, 6) is 1.84. The van der Waals surface area contributed by atoms with Gasteiger partial charge in [-0.1, -0.05) is 0 Å². The summed E-state index contributed by atoms with van der Waals surface area (Å²) in [5.41, 5.74) is 3.64. The Kier molecular flexibility index (Phi) is 8.81. The molecule has 7 nitrogen and oxygen atoms in total. The van der Waals surface area contributed by atoms with Crippen molar-refractivity contribution in [2.75, 3.05) is 33.2 Å². The molecule has 0 saturated carbocycles. The van der Waals surface area contributed by atoms with E-state index in [-0.39, 0.29) is 30.0 Å². The van der Waals surface area contributed by atoms with Gasteiger partial charge in [0.2, 0.25) is 0 Å². The monoisotopic (exact) mass is 500 g/mol. The van der Waals surface area contributed by atoms with E-state index >= 15 is 0 Å². The number of nitrogens with zero attached hydrogens (tertiary/aromatic N) is 4. The van der Waals surface area contributed by atoms with Crippen molar-refractivity contribution in [3.8, 4) is 0 Å². The molecule has 1 aliphatic heterocycles. The third-order valence-electron chi connectivity index (χ3n) is 5.47. The molecule has 0 spiro atoms. The lowest BCUT2D eigenvalue weighted by Gasteiger charge is -2.26. The van der Waals surface area contributed by atoms with Crippen LogP contribution in [0.3, 0.4) is 0 Å². The lowest BCUT2D eigenvalue weighted by atomic mass is 10.1. The van der Waals surface area contributed by atoms with Gasteiger partial charge in [-0.25, -0.2) is 0 Å². The molecule has 1 saturated heterocycles. The molecular weight excluding hydrogens is 467 g/mol. The zero-order valence-corrected chi connectivity index (χ0v) is 19.7. The van der Waals surface area contributed by atoms with Gasteiger partial charge in [0, 0.05) is 32.9 Å². The Bertz CT molecular complexity index is 749. The first-order valence-electron chi connectivity index (χ1n) is 9.81. The van der Waals surface area contributed by atoms with E-state index in [0.29, 0.717) is 0 Å². The van der Waals surface area contributed by atoms with Crippen molar-refractivity contribution in [2.45, 2.75) is 39.2 Å². The Morgan fingerprint density at radius 1 is 1.29 bits per heavy atom. The van der Waals surface area contributed by atoms with Gasteiger partial charge in [-0.15, -0.1) is 24.0 Å². The van der Waals surface area contributed by atoms with Crippen molar-refractivity contribution in [2.24, 2.45) is 12.0 Å². The first kappa shape index (κ1) is 22.7. The second-order valence-corrected chi connectivity index (χ2v) is 7.18. The van der Waals surface area contributed by atoms with Crippen LogP contribution >= 0.6 is 24.0 Å². The van der Waals surface area contributed by atoms with Gasteiger partial charge in [0.1, 0.15) is 5.76 Å². The van der Waals surface area contributed by atoms with Gasteiger partial charge in [-0.05, 0) is 63.9 Å². The van der Waals surface area contributed by atoms with Crippen LogP contribution in [0.2, 0.25) is 0 Å². The van der Waals surface area contributed by atoms with Crippen LogP contribution in [0.5, 0.6) is 0 Å². The van der Waals surface area contributed by atoms with Crippen molar-refractivity contribution >= 4 is 29.9 Å². The van der Waals surface area contributed by atoms with E-state index in [2.05, 4.69) is 45.5 Å². The number of furan rings is 1. The van der Waals surface area contributed by atoms with Gasteiger partial charge < -0.3 is 15.1 Å². The highest BCUT2D eigenvalue weighted by Gasteiger charge is 2.25. The van der Waals surface area contributed by atoms with E-state index in [1.54, 1.807) is 6.26 Å². The number of hydrogen-bond donors (Lipinski definition) is 2. The second kappa shape index (κ2) is 10.8. The van der Waals surface area contributed by atoms with Crippen LogP contribution in [0.25, 0.3) is 0 Å². The fourth-order valence-corrected chi connectivity index (χ4v) is 3.84. The molecule has 1 unspecified atom stereocenters. The van der Waals surface area contributed by atoms with Gasteiger partial charge in [-0.2, -0.15) is 5.10 Å². The number of aromatic nitrogens is 2. The topological polar surface area (TPSA) is 70.6 Å². The molecule has 1 atom stereocenters. The summed E-state index contributed by atoms with van der Waals surface area (Å²) in [5, 5.41) is 11.4. The summed E-state index contributed by atoms with van der Waals surface area (Å²) in [7, 11) is 3.81. The molecule has 2 aromatic heterocycles. The minimum Gasteiger partial charge on any atom is -0.468 e. The standard InChI is InChI=1S/C20H32N6O.HI/c1-15-17(16(2)25(4)24-15)9-10-22-20(21-3)23-14-18(19-8-7-13-27-19)26-11-5-6-12-26;/h7-8,13,18H,5-6,9-12,14H2,1-4H3,(H2,21,22,23);1H. The van der Waals surface area contributed by atoms with Crippen molar-refractivity contribution in [1.29, 1.82) is 0 Å². The number of aryl methyl sites for hydroxylation is 2. The summed E-state index contributed by atoms with van der Waals surface area (Å²) in [6.07, 6.45) is 5.20. The lowest BCUT2D eigenvalue weighted by molar-refractivity contribution is 0.215. The molecule has 2 aromatic rings. The number of aliphatic imine (C=N–C) groups is 1. The average molecular weight is 500 g/mol. The highest BCUT2D eigenvalue weighted by molar-refractivity contribution is 14.0. The van der Waals surface area contributed by atoms with Gasteiger partial charge in [0.05, 0.1) is 18.0 Å². The Hall–Kier alpha value is -1.55. The van der Waals surface area contributed by atoms with E-state index in [4.69, 9.17) is 4.42 Å². The number of nitrogens with one attached hydrogen (secondary N) is 2. The summed E-state index contributed by atoms with van der Waals surface area (Å²) in [6.45, 7) is 8.03.